The molecule has 0 N–H and O–H groups in total. The summed E-state index contributed by atoms with van der Waals surface area (Å²) in [6, 6.07) is 82.2. The molecule has 0 saturated carbocycles. The van der Waals surface area contributed by atoms with Crippen LogP contribution in [0.25, 0.3) is 43.9 Å². The van der Waals surface area contributed by atoms with Crippen LogP contribution in [0.3, 0.4) is 0 Å². The fourth-order valence-electron chi connectivity index (χ4n) is 12.2. The van der Waals surface area contributed by atoms with Gasteiger partial charge in [-0.3, -0.25) is 0 Å². The molecule has 0 saturated heterocycles. The molecule has 5 nitrogen and oxygen atoms in total. The Kier molecular flexibility index (Phi) is 7.76. The SMILES string of the molecule is C[Si]1(c2ccccc2)c2cccc3c2B2c4c(cc(N(c5ccccc5)c5ccccc5)cc4N(c4ccc5c(c4)oc4ccccc45)c4cccc1c42)N3c1ccc2c(c1)oc1ccccc12. The van der Waals surface area contributed by atoms with E-state index in [0.717, 1.165) is 83.7 Å². The van der Waals surface area contributed by atoms with Gasteiger partial charge in [-0.1, -0.05) is 144 Å². The minimum Gasteiger partial charge on any atom is -0.456 e. The van der Waals surface area contributed by atoms with Gasteiger partial charge >= 0.3 is 0 Å². The summed E-state index contributed by atoms with van der Waals surface area (Å²) in [7, 11) is -2.64. The van der Waals surface area contributed by atoms with E-state index in [-0.39, 0.29) is 6.71 Å². The molecule has 3 aliphatic heterocycles. The van der Waals surface area contributed by atoms with Gasteiger partial charge in [-0.25, -0.2) is 0 Å². The first-order valence-corrected chi connectivity index (χ1v) is 26.0. The third-order valence-corrected chi connectivity index (χ3v) is 19.6. The molecule has 7 heteroatoms. The highest BCUT2D eigenvalue weighted by Gasteiger charge is 2.54. The van der Waals surface area contributed by atoms with Gasteiger partial charge in [0.25, 0.3) is 6.71 Å². The lowest BCUT2D eigenvalue weighted by Crippen LogP contribution is -2.83. The molecule has 12 aromatic rings. The lowest BCUT2D eigenvalue weighted by Gasteiger charge is -2.50. The number of fused-ring (bicyclic) bond motifs is 6. The number of furan rings is 2. The highest BCUT2D eigenvalue weighted by atomic mass is 28.3. The van der Waals surface area contributed by atoms with E-state index in [4.69, 9.17) is 8.83 Å². The van der Waals surface area contributed by atoms with Gasteiger partial charge in [0.05, 0.1) is 5.69 Å². The normalized spacial score (nSPS) is 14.0. The van der Waals surface area contributed by atoms with Crippen LogP contribution < -0.4 is 46.6 Å². The zero-order chi connectivity index (χ0) is 44.7. The Labute approximate surface area is 394 Å². The van der Waals surface area contributed by atoms with Gasteiger partial charge < -0.3 is 23.5 Å². The third kappa shape index (κ3) is 5.11. The van der Waals surface area contributed by atoms with Gasteiger partial charge in [0.1, 0.15) is 30.4 Å². The first kappa shape index (κ1) is 37.7. The van der Waals surface area contributed by atoms with Crippen molar-refractivity contribution in [2.45, 2.75) is 6.55 Å². The van der Waals surface area contributed by atoms with E-state index in [2.05, 4.69) is 234 Å². The van der Waals surface area contributed by atoms with Crippen molar-refractivity contribution in [2.75, 3.05) is 14.7 Å². The Morgan fingerprint density at radius 3 is 1.31 bits per heavy atom. The Hall–Kier alpha value is -8.52. The standard InChI is InChI=1S/C61H40BN3O2Si/c1-68(44-21-9-4-10-22-44)57-29-15-25-49-60(57)62-59-51(64(49)41-31-33-47-45-23-11-13-27-53(45)66-55(47)37-41)35-43(63(39-17-5-2-6-18-39)40-19-7-3-8-20-40)36-52(59)65(50-26-16-30-58(68)61(50)62)42-32-34-48-46-24-12-14-28-54(46)67-56(48)38-42/h2-38H,1H3. The van der Waals surface area contributed by atoms with Crippen LogP contribution >= 0.6 is 0 Å². The second-order valence-electron chi connectivity index (χ2n) is 18.5. The molecule has 2 aromatic heterocycles. The predicted molar refractivity (Wildman–Crippen MR) is 287 cm³/mol. The van der Waals surface area contributed by atoms with Crippen molar-refractivity contribution in [3.8, 4) is 0 Å². The molecule has 0 fully saturated rings. The van der Waals surface area contributed by atoms with E-state index in [1.165, 1.54) is 43.3 Å². The van der Waals surface area contributed by atoms with Gasteiger partial charge in [-0.15, -0.1) is 0 Å². The number of anilines is 9. The molecule has 10 aromatic carbocycles. The molecule has 15 rings (SSSR count). The summed E-state index contributed by atoms with van der Waals surface area (Å²) >= 11 is 0. The van der Waals surface area contributed by atoms with E-state index in [1.807, 2.05) is 12.1 Å². The number of hydrogen-bond donors (Lipinski definition) is 0. The Bertz CT molecular complexity index is 3800. The molecular formula is C61H40BN3O2Si. The number of hydrogen-bond acceptors (Lipinski definition) is 5. The third-order valence-electron chi connectivity index (χ3n) is 15.1. The quantitative estimate of drug-likeness (QED) is 0.156. The van der Waals surface area contributed by atoms with Crippen molar-refractivity contribution in [3.05, 3.63) is 224 Å². The summed E-state index contributed by atoms with van der Waals surface area (Å²) in [6.45, 7) is 2.56. The fourth-order valence-corrected chi connectivity index (χ4v) is 16.4. The summed E-state index contributed by atoms with van der Waals surface area (Å²) in [4.78, 5) is 7.48. The molecule has 0 radical (unpaired) electrons. The highest BCUT2D eigenvalue weighted by Crippen LogP contribution is 2.49. The van der Waals surface area contributed by atoms with Crippen LogP contribution in [0.2, 0.25) is 6.55 Å². The van der Waals surface area contributed by atoms with Crippen molar-refractivity contribution in [1.82, 2.24) is 0 Å². The summed E-state index contributed by atoms with van der Waals surface area (Å²) in [5.74, 6) is 0. The lowest BCUT2D eigenvalue weighted by atomic mass is 9.33. The minimum absolute atomic E-state index is 0.0185. The van der Waals surface area contributed by atoms with Crippen molar-refractivity contribution >= 4 is 142 Å². The molecule has 0 spiro atoms. The van der Waals surface area contributed by atoms with Gasteiger partial charge in [0.15, 0.2) is 0 Å². The number of para-hydroxylation sites is 4. The lowest BCUT2D eigenvalue weighted by molar-refractivity contribution is 0.668. The first-order valence-electron chi connectivity index (χ1n) is 23.5. The predicted octanol–water partition coefficient (Wildman–Crippen LogP) is 12.5. The average molecular weight is 886 g/mol. The van der Waals surface area contributed by atoms with E-state index >= 15 is 0 Å². The van der Waals surface area contributed by atoms with Crippen molar-refractivity contribution in [1.29, 1.82) is 0 Å². The van der Waals surface area contributed by atoms with Crippen LogP contribution in [0.1, 0.15) is 0 Å². The topological polar surface area (TPSA) is 36.0 Å². The molecule has 0 unspecified atom stereocenters. The second kappa shape index (κ2) is 14.0. The van der Waals surface area contributed by atoms with Gasteiger partial charge in [-0.2, -0.15) is 0 Å². The van der Waals surface area contributed by atoms with Crippen LogP contribution in [-0.2, 0) is 0 Å². The molecule has 0 bridgehead atoms. The monoisotopic (exact) mass is 885 g/mol. The number of nitrogens with zero attached hydrogens (tertiary/aromatic N) is 3. The Morgan fingerprint density at radius 1 is 0.368 bits per heavy atom. The molecule has 0 atom stereocenters. The van der Waals surface area contributed by atoms with E-state index in [0.29, 0.717) is 0 Å². The maximum atomic E-state index is 6.67. The maximum absolute atomic E-state index is 6.67. The molecule has 5 heterocycles. The number of benzene rings is 10. The molecule has 0 aliphatic carbocycles. The zero-order valence-electron chi connectivity index (χ0n) is 37.1. The van der Waals surface area contributed by atoms with E-state index in [9.17, 15) is 0 Å². The summed E-state index contributed by atoms with van der Waals surface area (Å²) in [5.41, 5.74) is 17.6. The second-order valence-corrected chi connectivity index (χ2v) is 22.4. The first-order chi connectivity index (χ1) is 33.6. The van der Waals surface area contributed by atoms with Crippen LogP contribution in [0.5, 0.6) is 0 Å². The zero-order valence-corrected chi connectivity index (χ0v) is 38.1. The fraction of sp³-hybridized carbons (Fsp3) is 0.0164. The Balaban J connectivity index is 1.09. The van der Waals surface area contributed by atoms with Gasteiger partial charge in [0.2, 0.25) is 0 Å². The van der Waals surface area contributed by atoms with Crippen molar-refractivity contribution in [3.63, 3.8) is 0 Å². The van der Waals surface area contributed by atoms with Gasteiger partial charge in [0, 0.05) is 79.2 Å². The maximum Gasteiger partial charge on any atom is 0.251 e. The van der Waals surface area contributed by atoms with Crippen LogP contribution in [-0.4, -0.2) is 14.8 Å². The van der Waals surface area contributed by atoms with Crippen molar-refractivity contribution in [2.24, 2.45) is 0 Å². The van der Waals surface area contributed by atoms with Crippen molar-refractivity contribution < 1.29 is 8.83 Å². The largest absolute Gasteiger partial charge is 0.456 e. The van der Waals surface area contributed by atoms with Crippen LogP contribution in [0.4, 0.5) is 51.2 Å². The average Bonchev–Trinajstić information content (AvgIpc) is 3.96. The minimum atomic E-state index is -2.64. The molecule has 0 amide bonds. The van der Waals surface area contributed by atoms with E-state index < -0.39 is 8.07 Å². The van der Waals surface area contributed by atoms with Crippen LogP contribution in [0.15, 0.2) is 233 Å². The molecular weight excluding hydrogens is 846 g/mol. The Morgan fingerprint density at radius 2 is 0.809 bits per heavy atom. The summed E-state index contributed by atoms with van der Waals surface area (Å²) in [6.07, 6.45) is 0. The summed E-state index contributed by atoms with van der Waals surface area (Å²) < 4.78 is 13.3. The highest BCUT2D eigenvalue weighted by molar-refractivity contribution is 7.21. The van der Waals surface area contributed by atoms with E-state index in [1.54, 1.807) is 0 Å². The summed E-state index contributed by atoms with van der Waals surface area (Å²) in [5, 5.41) is 8.78. The number of rotatable bonds is 6. The molecule has 68 heavy (non-hydrogen) atoms. The smallest absolute Gasteiger partial charge is 0.251 e. The molecule has 3 aliphatic rings. The molecule has 318 valence electrons. The van der Waals surface area contributed by atoms with Gasteiger partial charge in [-0.05, 0) is 107 Å². The van der Waals surface area contributed by atoms with Crippen LogP contribution in [0, 0.1) is 0 Å².